The number of hydrogen-bond donors (Lipinski definition) is 1. The summed E-state index contributed by atoms with van der Waals surface area (Å²) in [5.74, 6) is -1.52. The smallest absolute Gasteiger partial charge is 0.226 e. The van der Waals surface area contributed by atoms with E-state index in [1.807, 2.05) is 19.1 Å². The third-order valence-electron chi connectivity index (χ3n) is 6.34. The molecule has 4 rings (SSSR count). The minimum absolute atomic E-state index is 0.0268. The Bertz CT molecular complexity index is 1090. The average molecular weight is 449 g/mol. The van der Waals surface area contributed by atoms with Crippen LogP contribution in [0.4, 0.5) is 8.78 Å². The van der Waals surface area contributed by atoms with Gasteiger partial charge in [0.15, 0.2) is 0 Å². The van der Waals surface area contributed by atoms with Crippen LogP contribution in [0.5, 0.6) is 0 Å². The van der Waals surface area contributed by atoms with Gasteiger partial charge in [-0.3, -0.25) is 4.79 Å². The molecule has 166 valence electrons. The molecule has 2 fully saturated rings. The van der Waals surface area contributed by atoms with Gasteiger partial charge in [0.25, 0.3) is 0 Å². The molecule has 0 radical (unpaired) electrons. The number of amides is 1. The normalized spacial score (nSPS) is 26.0. The SMILES string of the molecule is C[C@@H]1CCN(C(=O)[C@@H]2C[C@H]2c2ccccc2-c2c(F)cccc2F)C[C@@H]1NS(C)(=O)=O. The molecule has 1 N–H and O–H groups in total. The number of benzene rings is 2. The lowest BCUT2D eigenvalue weighted by atomic mass is 9.93. The van der Waals surface area contributed by atoms with Crippen LogP contribution in [-0.2, 0) is 14.8 Å². The van der Waals surface area contributed by atoms with Crippen LogP contribution in [-0.4, -0.2) is 44.6 Å². The van der Waals surface area contributed by atoms with Gasteiger partial charge >= 0.3 is 0 Å². The summed E-state index contributed by atoms with van der Waals surface area (Å²) in [5.41, 5.74) is 1.17. The van der Waals surface area contributed by atoms with Crippen molar-refractivity contribution in [3.8, 4) is 11.1 Å². The maximum Gasteiger partial charge on any atom is 0.226 e. The first-order chi connectivity index (χ1) is 14.7. The second-order valence-corrected chi connectivity index (χ2v) is 10.5. The summed E-state index contributed by atoms with van der Waals surface area (Å²) >= 11 is 0. The Morgan fingerprint density at radius 1 is 1.10 bits per heavy atom. The highest BCUT2D eigenvalue weighted by Gasteiger charge is 2.47. The van der Waals surface area contributed by atoms with Gasteiger partial charge in [0.1, 0.15) is 11.6 Å². The Balaban J connectivity index is 1.53. The van der Waals surface area contributed by atoms with Crippen LogP contribution >= 0.6 is 0 Å². The van der Waals surface area contributed by atoms with Crippen LogP contribution in [0, 0.1) is 23.5 Å². The minimum Gasteiger partial charge on any atom is -0.341 e. The number of carbonyl (C=O) groups excluding carboxylic acids is 1. The van der Waals surface area contributed by atoms with Crippen molar-refractivity contribution in [2.75, 3.05) is 19.3 Å². The minimum atomic E-state index is -3.37. The predicted octanol–water partition coefficient (Wildman–Crippen LogP) is 3.52. The molecule has 5 nitrogen and oxygen atoms in total. The van der Waals surface area contributed by atoms with Crippen molar-refractivity contribution in [3.05, 3.63) is 59.7 Å². The average Bonchev–Trinajstić information content (AvgIpc) is 3.49. The summed E-state index contributed by atoms with van der Waals surface area (Å²) in [6, 6.07) is 10.5. The third kappa shape index (κ3) is 4.65. The molecule has 1 saturated heterocycles. The third-order valence-corrected chi connectivity index (χ3v) is 7.07. The molecule has 0 aromatic heterocycles. The highest BCUT2D eigenvalue weighted by Crippen LogP contribution is 2.51. The zero-order valence-corrected chi connectivity index (χ0v) is 18.3. The van der Waals surface area contributed by atoms with Gasteiger partial charge in [-0.25, -0.2) is 21.9 Å². The first kappa shape index (κ1) is 21.9. The highest BCUT2D eigenvalue weighted by atomic mass is 32.2. The van der Waals surface area contributed by atoms with Gasteiger partial charge in [-0.1, -0.05) is 37.3 Å². The molecule has 1 aliphatic heterocycles. The molecule has 0 unspecified atom stereocenters. The molecule has 1 aliphatic carbocycles. The zero-order valence-electron chi connectivity index (χ0n) is 17.5. The lowest BCUT2D eigenvalue weighted by Crippen LogP contribution is -2.53. The summed E-state index contributed by atoms with van der Waals surface area (Å²) in [7, 11) is -3.37. The number of nitrogens with one attached hydrogen (secondary N) is 1. The molecule has 4 atom stereocenters. The maximum absolute atomic E-state index is 14.4. The van der Waals surface area contributed by atoms with Gasteiger partial charge < -0.3 is 4.90 Å². The van der Waals surface area contributed by atoms with Gasteiger partial charge in [-0.15, -0.1) is 0 Å². The molecule has 8 heteroatoms. The molecule has 1 heterocycles. The summed E-state index contributed by atoms with van der Waals surface area (Å²) in [6.45, 7) is 2.89. The standard InChI is InChI=1S/C23H26F2N2O3S/c1-14-10-11-27(13-21(14)26-31(2,29)30)23(28)18-12-17(18)15-6-3-4-7-16(15)22-19(24)8-5-9-20(22)25/h3-9,14,17-18,21,26H,10-13H2,1-2H3/t14-,17+,18-,21+/m1/s1. The van der Waals surface area contributed by atoms with Crippen molar-refractivity contribution in [1.29, 1.82) is 0 Å². The molecule has 0 spiro atoms. The molecule has 1 saturated carbocycles. The van der Waals surface area contributed by atoms with Crippen molar-refractivity contribution >= 4 is 15.9 Å². The lowest BCUT2D eigenvalue weighted by molar-refractivity contribution is -0.134. The molecular formula is C23H26F2N2O3S. The van der Waals surface area contributed by atoms with Crippen molar-refractivity contribution in [3.63, 3.8) is 0 Å². The van der Waals surface area contributed by atoms with E-state index in [4.69, 9.17) is 0 Å². The van der Waals surface area contributed by atoms with Gasteiger partial charge in [-0.05, 0) is 47.9 Å². The number of piperidine rings is 1. The van der Waals surface area contributed by atoms with E-state index in [0.717, 1.165) is 11.8 Å². The van der Waals surface area contributed by atoms with Crippen LogP contribution in [0.3, 0.4) is 0 Å². The van der Waals surface area contributed by atoms with E-state index in [0.29, 0.717) is 31.5 Å². The molecule has 2 aromatic carbocycles. The molecule has 31 heavy (non-hydrogen) atoms. The molecule has 2 aliphatic rings. The monoisotopic (exact) mass is 448 g/mol. The number of carbonyl (C=O) groups is 1. The Morgan fingerprint density at radius 2 is 1.77 bits per heavy atom. The predicted molar refractivity (Wildman–Crippen MR) is 115 cm³/mol. The first-order valence-electron chi connectivity index (χ1n) is 10.4. The summed E-state index contributed by atoms with van der Waals surface area (Å²) in [4.78, 5) is 14.9. The fraction of sp³-hybridized carbons (Fsp3) is 0.435. The van der Waals surface area contributed by atoms with E-state index in [9.17, 15) is 22.0 Å². The Kier molecular flexibility index (Phi) is 5.87. The van der Waals surface area contributed by atoms with E-state index in [1.54, 1.807) is 17.0 Å². The topological polar surface area (TPSA) is 66.5 Å². The van der Waals surface area contributed by atoms with E-state index in [2.05, 4.69) is 4.72 Å². The van der Waals surface area contributed by atoms with Gasteiger partial charge in [0, 0.05) is 25.0 Å². The van der Waals surface area contributed by atoms with Gasteiger partial charge in [-0.2, -0.15) is 0 Å². The van der Waals surface area contributed by atoms with E-state index in [-0.39, 0.29) is 35.3 Å². The summed E-state index contributed by atoms with van der Waals surface area (Å²) in [6.07, 6.45) is 2.45. The molecular weight excluding hydrogens is 422 g/mol. The quantitative estimate of drug-likeness (QED) is 0.761. The van der Waals surface area contributed by atoms with Crippen molar-refractivity contribution in [1.82, 2.24) is 9.62 Å². The molecule has 1 amide bonds. The van der Waals surface area contributed by atoms with Crippen LogP contribution < -0.4 is 4.72 Å². The van der Waals surface area contributed by atoms with E-state index < -0.39 is 21.7 Å². The fourth-order valence-electron chi connectivity index (χ4n) is 4.55. The van der Waals surface area contributed by atoms with Crippen LogP contribution in [0.15, 0.2) is 42.5 Å². The Labute approximate surface area is 181 Å². The number of hydrogen-bond acceptors (Lipinski definition) is 3. The largest absolute Gasteiger partial charge is 0.341 e. The number of sulfonamides is 1. The summed E-state index contributed by atoms with van der Waals surface area (Å²) < 4.78 is 54.7. The van der Waals surface area contributed by atoms with Crippen molar-refractivity contribution in [2.24, 2.45) is 11.8 Å². The van der Waals surface area contributed by atoms with E-state index >= 15 is 0 Å². The zero-order chi connectivity index (χ0) is 22.3. The van der Waals surface area contributed by atoms with Crippen molar-refractivity contribution in [2.45, 2.75) is 31.7 Å². The van der Waals surface area contributed by atoms with E-state index in [1.165, 1.54) is 18.2 Å². The van der Waals surface area contributed by atoms with Crippen LogP contribution in [0.25, 0.3) is 11.1 Å². The molecule has 2 aromatic rings. The second kappa shape index (κ2) is 8.31. The second-order valence-electron chi connectivity index (χ2n) is 8.68. The highest BCUT2D eigenvalue weighted by molar-refractivity contribution is 7.88. The van der Waals surface area contributed by atoms with Gasteiger partial charge in [0.2, 0.25) is 15.9 Å². The number of likely N-dealkylation sites (tertiary alicyclic amines) is 1. The fourth-order valence-corrected chi connectivity index (χ4v) is 5.40. The molecule has 0 bridgehead atoms. The van der Waals surface area contributed by atoms with Crippen LogP contribution in [0.2, 0.25) is 0 Å². The maximum atomic E-state index is 14.4. The van der Waals surface area contributed by atoms with Crippen LogP contribution in [0.1, 0.15) is 31.2 Å². The van der Waals surface area contributed by atoms with Crippen molar-refractivity contribution < 1.29 is 22.0 Å². The number of rotatable bonds is 5. The Hall–Kier alpha value is -2.32. The number of halogens is 2. The lowest BCUT2D eigenvalue weighted by Gasteiger charge is -2.37. The summed E-state index contributed by atoms with van der Waals surface area (Å²) in [5, 5.41) is 0. The Morgan fingerprint density at radius 3 is 2.45 bits per heavy atom. The van der Waals surface area contributed by atoms with Gasteiger partial charge in [0.05, 0.1) is 11.8 Å². The first-order valence-corrected chi connectivity index (χ1v) is 12.3. The number of nitrogens with zero attached hydrogens (tertiary/aromatic N) is 1.